The fourth-order valence-corrected chi connectivity index (χ4v) is 4.07. The normalized spacial score (nSPS) is 14.0. The van der Waals surface area contributed by atoms with Crippen LogP contribution in [0.2, 0.25) is 0 Å². The molecular formula is C20H19BrF3N5. The van der Waals surface area contributed by atoms with E-state index in [1.807, 2.05) is 6.07 Å². The summed E-state index contributed by atoms with van der Waals surface area (Å²) in [6, 6.07) is 7.18. The number of aromatic nitrogens is 4. The second kappa shape index (κ2) is 7.12. The van der Waals surface area contributed by atoms with Crippen LogP contribution >= 0.6 is 15.9 Å². The van der Waals surface area contributed by atoms with Crippen molar-refractivity contribution < 1.29 is 13.2 Å². The Morgan fingerprint density at radius 2 is 1.83 bits per heavy atom. The van der Waals surface area contributed by atoms with E-state index in [-0.39, 0.29) is 0 Å². The summed E-state index contributed by atoms with van der Waals surface area (Å²) in [5.41, 5.74) is 2.03. The molecule has 0 amide bonds. The number of anilines is 2. The molecule has 4 rings (SSSR count). The molecule has 5 nitrogen and oxygen atoms in total. The van der Waals surface area contributed by atoms with Crippen LogP contribution in [-0.4, -0.2) is 26.3 Å². The van der Waals surface area contributed by atoms with Crippen LogP contribution in [0.15, 0.2) is 34.9 Å². The van der Waals surface area contributed by atoms with E-state index in [2.05, 4.69) is 61.9 Å². The first kappa shape index (κ1) is 19.9. The van der Waals surface area contributed by atoms with Crippen molar-refractivity contribution >= 4 is 27.4 Å². The highest BCUT2D eigenvalue weighted by Gasteiger charge is 2.35. The SMILES string of the molecule is Cc1nc2c(c(-n3ccc(C(F)(F)F)n3)n1)CCN2c1ccc(C(C)C)cc1Br. The predicted octanol–water partition coefficient (Wildman–Crippen LogP) is 5.57. The van der Waals surface area contributed by atoms with Crippen molar-refractivity contribution in [3.63, 3.8) is 0 Å². The van der Waals surface area contributed by atoms with Crippen molar-refractivity contribution in [2.75, 3.05) is 11.4 Å². The highest BCUT2D eigenvalue weighted by molar-refractivity contribution is 9.10. The van der Waals surface area contributed by atoms with Crippen molar-refractivity contribution in [3.8, 4) is 5.82 Å². The lowest BCUT2D eigenvalue weighted by molar-refractivity contribution is -0.141. The second-order valence-electron chi connectivity index (χ2n) is 7.31. The lowest BCUT2D eigenvalue weighted by Gasteiger charge is -2.21. The molecule has 0 saturated carbocycles. The van der Waals surface area contributed by atoms with Gasteiger partial charge in [0.2, 0.25) is 0 Å². The van der Waals surface area contributed by atoms with Crippen molar-refractivity contribution in [2.45, 2.75) is 39.3 Å². The fraction of sp³-hybridized carbons (Fsp3) is 0.350. The number of benzene rings is 1. The molecule has 0 saturated heterocycles. The monoisotopic (exact) mass is 465 g/mol. The fourth-order valence-electron chi connectivity index (χ4n) is 3.46. The molecule has 1 aliphatic heterocycles. The molecule has 0 fully saturated rings. The van der Waals surface area contributed by atoms with Crippen molar-refractivity contribution in [3.05, 3.63) is 57.6 Å². The van der Waals surface area contributed by atoms with Crippen LogP contribution in [0.5, 0.6) is 0 Å². The summed E-state index contributed by atoms with van der Waals surface area (Å²) in [5.74, 6) is 1.98. The Labute approximate surface area is 174 Å². The molecule has 1 aromatic carbocycles. The zero-order chi connectivity index (χ0) is 20.9. The molecule has 9 heteroatoms. The van der Waals surface area contributed by atoms with Crippen LogP contribution in [0.3, 0.4) is 0 Å². The molecule has 1 aliphatic rings. The van der Waals surface area contributed by atoms with Crippen molar-refractivity contribution in [2.24, 2.45) is 0 Å². The third-order valence-corrected chi connectivity index (χ3v) is 5.58. The number of nitrogens with zero attached hydrogens (tertiary/aromatic N) is 5. The lowest BCUT2D eigenvalue weighted by atomic mass is 10.0. The number of hydrogen-bond acceptors (Lipinski definition) is 4. The van der Waals surface area contributed by atoms with E-state index in [1.54, 1.807) is 6.92 Å². The number of rotatable bonds is 3. The van der Waals surface area contributed by atoms with Gasteiger partial charge in [-0.15, -0.1) is 0 Å². The van der Waals surface area contributed by atoms with Crippen molar-refractivity contribution in [1.29, 1.82) is 0 Å². The van der Waals surface area contributed by atoms with Gasteiger partial charge in [0.05, 0.1) is 5.69 Å². The first-order valence-electron chi connectivity index (χ1n) is 9.23. The molecule has 0 spiro atoms. The van der Waals surface area contributed by atoms with Crippen LogP contribution in [0.4, 0.5) is 24.7 Å². The standard InChI is InChI=1S/C20H19BrF3N5/c1-11(2)13-4-5-16(15(21)10-13)28-8-6-14-18(28)25-12(3)26-19(14)29-9-7-17(27-29)20(22,23)24/h4-5,7,9-11H,6,8H2,1-3H3. The van der Waals surface area contributed by atoms with E-state index in [0.717, 1.165) is 21.8 Å². The molecule has 0 radical (unpaired) electrons. The Hall–Kier alpha value is -2.42. The van der Waals surface area contributed by atoms with Crippen LogP contribution in [0.25, 0.3) is 5.82 Å². The third-order valence-electron chi connectivity index (χ3n) is 4.94. The molecule has 152 valence electrons. The summed E-state index contributed by atoms with van der Waals surface area (Å²) in [6.07, 6.45) is -2.59. The molecule has 0 unspecified atom stereocenters. The third kappa shape index (κ3) is 3.63. The van der Waals surface area contributed by atoms with Crippen LogP contribution in [0.1, 0.15) is 42.4 Å². The molecule has 3 heterocycles. The van der Waals surface area contributed by atoms with Gasteiger partial charge in [0.25, 0.3) is 0 Å². The maximum Gasteiger partial charge on any atom is 0.435 e. The zero-order valence-corrected chi connectivity index (χ0v) is 17.7. The first-order valence-corrected chi connectivity index (χ1v) is 10.0. The minimum Gasteiger partial charge on any atom is -0.325 e. The highest BCUT2D eigenvalue weighted by Crippen LogP contribution is 2.40. The number of halogens is 4. The van der Waals surface area contributed by atoms with Gasteiger partial charge in [0.15, 0.2) is 11.5 Å². The van der Waals surface area contributed by atoms with Gasteiger partial charge in [-0.3, -0.25) is 0 Å². The molecule has 0 bridgehead atoms. The van der Waals surface area contributed by atoms with E-state index < -0.39 is 11.9 Å². The van der Waals surface area contributed by atoms with E-state index in [1.165, 1.54) is 16.4 Å². The topological polar surface area (TPSA) is 46.8 Å². The Bertz CT molecular complexity index is 1070. The summed E-state index contributed by atoms with van der Waals surface area (Å²) in [5, 5.41) is 3.69. The summed E-state index contributed by atoms with van der Waals surface area (Å²) < 4.78 is 41.0. The summed E-state index contributed by atoms with van der Waals surface area (Å²) >= 11 is 3.66. The van der Waals surface area contributed by atoms with E-state index in [9.17, 15) is 13.2 Å². The molecule has 29 heavy (non-hydrogen) atoms. The molecule has 0 atom stereocenters. The molecular weight excluding hydrogens is 447 g/mol. The van der Waals surface area contributed by atoms with Crippen LogP contribution in [-0.2, 0) is 12.6 Å². The summed E-state index contributed by atoms with van der Waals surface area (Å²) in [7, 11) is 0. The van der Waals surface area contributed by atoms with Gasteiger partial charge in [-0.05, 0) is 59.0 Å². The lowest BCUT2D eigenvalue weighted by Crippen LogP contribution is -2.16. The Balaban J connectivity index is 1.78. The molecule has 0 aliphatic carbocycles. The molecule has 3 aromatic rings. The van der Waals surface area contributed by atoms with E-state index >= 15 is 0 Å². The van der Waals surface area contributed by atoms with Gasteiger partial charge in [0.1, 0.15) is 11.6 Å². The smallest absolute Gasteiger partial charge is 0.325 e. The molecule has 2 aromatic heterocycles. The zero-order valence-electron chi connectivity index (χ0n) is 16.1. The maximum atomic E-state index is 13.0. The quantitative estimate of drug-likeness (QED) is 0.507. The largest absolute Gasteiger partial charge is 0.435 e. The summed E-state index contributed by atoms with van der Waals surface area (Å²) in [6.45, 7) is 6.66. The van der Waals surface area contributed by atoms with Crippen molar-refractivity contribution in [1.82, 2.24) is 19.7 Å². The van der Waals surface area contributed by atoms with E-state index in [0.29, 0.717) is 36.3 Å². The van der Waals surface area contributed by atoms with Gasteiger partial charge in [-0.25, -0.2) is 14.6 Å². The minimum atomic E-state index is -4.49. The number of hydrogen-bond donors (Lipinski definition) is 0. The van der Waals surface area contributed by atoms with Gasteiger partial charge in [-0.1, -0.05) is 19.9 Å². The first-order chi connectivity index (χ1) is 13.6. The number of fused-ring (bicyclic) bond motifs is 1. The highest BCUT2D eigenvalue weighted by atomic mass is 79.9. The number of alkyl halides is 3. The van der Waals surface area contributed by atoms with E-state index in [4.69, 9.17) is 0 Å². The van der Waals surface area contributed by atoms with Gasteiger partial charge in [-0.2, -0.15) is 18.3 Å². The van der Waals surface area contributed by atoms with Gasteiger partial charge < -0.3 is 4.90 Å². The van der Waals surface area contributed by atoms with Gasteiger partial charge >= 0.3 is 6.18 Å². The maximum absolute atomic E-state index is 13.0. The van der Waals surface area contributed by atoms with Crippen LogP contribution < -0.4 is 4.90 Å². The van der Waals surface area contributed by atoms with Gasteiger partial charge in [0, 0.05) is 22.8 Å². The minimum absolute atomic E-state index is 0.389. The Kier molecular flexibility index (Phi) is 4.88. The average Bonchev–Trinajstić information content (AvgIpc) is 3.28. The predicted molar refractivity (Wildman–Crippen MR) is 108 cm³/mol. The second-order valence-corrected chi connectivity index (χ2v) is 8.16. The Morgan fingerprint density at radius 1 is 1.10 bits per heavy atom. The number of aryl methyl sites for hydroxylation is 1. The van der Waals surface area contributed by atoms with Crippen LogP contribution in [0, 0.1) is 6.92 Å². The summed E-state index contributed by atoms with van der Waals surface area (Å²) in [4.78, 5) is 11.0. The average molecular weight is 466 g/mol. The Morgan fingerprint density at radius 3 is 2.45 bits per heavy atom. The molecule has 0 N–H and O–H groups in total.